The van der Waals surface area contributed by atoms with Crippen LogP contribution < -0.4 is 0 Å². The van der Waals surface area contributed by atoms with Gasteiger partial charge in [0.1, 0.15) is 12.7 Å². The van der Waals surface area contributed by atoms with Gasteiger partial charge >= 0.3 is 41.5 Å². The molecule has 0 aliphatic carbocycles. The molecule has 1 unspecified atom stereocenters. The van der Waals surface area contributed by atoms with Gasteiger partial charge in [0.05, 0.1) is 26.1 Å². The third-order valence-electron chi connectivity index (χ3n) is 1.36. The molecule has 0 aromatic carbocycles. The Morgan fingerprint density at radius 1 is 1.12 bits per heavy atom. The van der Waals surface area contributed by atoms with Gasteiger partial charge in [-0.25, -0.2) is 0 Å². The SMILES string of the molecule is [CH2]C(COC(=O)CCO)OC(=O)CCO.[NaH]. The van der Waals surface area contributed by atoms with Gasteiger partial charge in [0, 0.05) is 0 Å². The molecule has 0 aliphatic heterocycles. The molecule has 0 rings (SSSR count). The van der Waals surface area contributed by atoms with Gasteiger partial charge in [-0.15, -0.1) is 0 Å². The predicted molar refractivity (Wildman–Crippen MR) is 56.8 cm³/mol. The fourth-order valence-corrected chi connectivity index (χ4v) is 0.719. The standard InChI is InChI=1S/C9H15O6.Na.H/c1-7(15-9(13)3-5-11)6-14-8(12)2-4-10;;/h7,10-11H,1-6H2;;. The second kappa shape index (κ2) is 11.3. The molecule has 0 amide bonds. The van der Waals surface area contributed by atoms with E-state index in [1.165, 1.54) is 0 Å². The zero-order valence-corrected chi connectivity index (χ0v) is 8.35. The monoisotopic (exact) mass is 243 g/mol. The van der Waals surface area contributed by atoms with Gasteiger partial charge in [-0.3, -0.25) is 9.59 Å². The molecule has 89 valence electrons. The van der Waals surface area contributed by atoms with E-state index >= 15 is 0 Å². The van der Waals surface area contributed by atoms with E-state index in [1.54, 1.807) is 0 Å². The molecule has 0 saturated heterocycles. The molecule has 0 fully saturated rings. The topological polar surface area (TPSA) is 93.1 Å². The number of carbonyl (C=O) groups excluding carboxylic acids is 2. The maximum atomic E-state index is 10.8. The van der Waals surface area contributed by atoms with Crippen LogP contribution in [0.15, 0.2) is 0 Å². The molecule has 0 bridgehead atoms. The summed E-state index contributed by atoms with van der Waals surface area (Å²) in [5.74, 6) is -1.18. The Balaban J connectivity index is 0. The van der Waals surface area contributed by atoms with Gasteiger partial charge in [-0.1, -0.05) is 0 Å². The van der Waals surface area contributed by atoms with Gasteiger partial charge in [0.15, 0.2) is 0 Å². The van der Waals surface area contributed by atoms with Crippen molar-refractivity contribution in [3.63, 3.8) is 0 Å². The van der Waals surface area contributed by atoms with Crippen molar-refractivity contribution in [3.8, 4) is 0 Å². The molecule has 2 N–H and O–H groups in total. The number of hydrogen-bond donors (Lipinski definition) is 2. The van der Waals surface area contributed by atoms with Crippen LogP contribution in [0.2, 0.25) is 0 Å². The van der Waals surface area contributed by atoms with E-state index in [9.17, 15) is 9.59 Å². The number of rotatable bonds is 7. The molecule has 6 nitrogen and oxygen atoms in total. The van der Waals surface area contributed by atoms with Crippen molar-refractivity contribution >= 4 is 41.5 Å². The van der Waals surface area contributed by atoms with Crippen LogP contribution in [0.4, 0.5) is 0 Å². The van der Waals surface area contributed by atoms with Crippen LogP contribution >= 0.6 is 0 Å². The van der Waals surface area contributed by atoms with E-state index in [4.69, 9.17) is 10.2 Å². The van der Waals surface area contributed by atoms with Crippen LogP contribution in [0.3, 0.4) is 0 Å². The van der Waals surface area contributed by atoms with E-state index in [2.05, 4.69) is 16.4 Å². The van der Waals surface area contributed by atoms with Gasteiger partial charge in [-0.05, 0) is 6.92 Å². The Labute approximate surface area is 116 Å². The second-order valence-corrected chi connectivity index (χ2v) is 2.74. The molecular weight excluding hydrogens is 227 g/mol. The Kier molecular flexibility index (Phi) is 12.9. The van der Waals surface area contributed by atoms with Gasteiger partial charge in [0.2, 0.25) is 0 Å². The van der Waals surface area contributed by atoms with Crippen molar-refractivity contribution < 1.29 is 29.3 Å². The summed E-state index contributed by atoms with van der Waals surface area (Å²) in [5.41, 5.74) is 0. The first-order valence-corrected chi connectivity index (χ1v) is 4.50. The zero-order chi connectivity index (χ0) is 11.7. The Hall–Kier alpha value is -0.140. The summed E-state index contributed by atoms with van der Waals surface area (Å²) in [4.78, 5) is 21.6. The van der Waals surface area contributed by atoms with Crippen LogP contribution in [0, 0.1) is 6.92 Å². The maximum absolute atomic E-state index is 10.8. The number of hydrogen-bond acceptors (Lipinski definition) is 6. The summed E-state index contributed by atoms with van der Waals surface area (Å²) in [7, 11) is 0. The fourth-order valence-electron chi connectivity index (χ4n) is 0.719. The van der Waals surface area contributed by atoms with Crippen LogP contribution in [0.25, 0.3) is 0 Å². The van der Waals surface area contributed by atoms with E-state index in [-0.39, 0.29) is 62.2 Å². The van der Waals surface area contributed by atoms with E-state index in [0.29, 0.717) is 0 Å². The summed E-state index contributed by atoms with van der Waals surface area (Å²) in [5, 5.41) is 16.8. The first kappa shape index (κ1) is 18.2. The van der Waals surface area contributed by atoms with Gasteiger partial charge < -0.3 is 19.7 Å². The third kappa shape index (κ3) is 10.4. The van der Waals surface area contributed by atoms with Gasteiger partial charge in [-0.2, -0.15) is 0 Å². The van der Waals surface area contributed by atoms with E-state index < -0.39 is 18.0 Å². The molecule has 0 heterocycles. The average molecular weight is 243 g/mol. The van der Waals surface area contributed by atoms with Gasteiger partial charge in [0.25, 0.3) is 0 Å². The quantitative estimate of drug-likeness (QED) is 0.413. The molecular formula is C9H16NaO6. The summed E-state index contributed by atoms with van der Waals surface area (Å²) >= 11 is 0. The van der Waals surface area contributed by atoms with Crippen molar-refractivity contribution in [3.05, 3.63) is 6.92 Å². The first-order valence-electron chi connectivity index (χ1n) is 4.50. The fraction of sp³-hybridized carbons (Fsp3) is 0.667. The molecule has 16 heavy (non-hydrogen) atoms. The number of carbonyl (C=O) groups is 2. The summed E-state index contributed by atoms with van der Waals surface area (Å²) in [6, 6.07) is 0. The Morgan fingerprint density at radius 3 is 2.12 bits per heavy atom. The average Bonchev–Trinajstić information content (AvgIpc) is 2.15. The Morgan fingerprint density at radius 2 is 1.62 bits per heavy atom. The number of aliphatic hydroxyl groups excluding tert-OH is 2. The van der Waals surface area contributed by atoms with Crippen LogP contribution in [-0.2, 0) is 19.1 Å². The number of ether oxygens (including phenoxy) is 2. The predicted octanol–water partition coefficient (Wildman–Crippen LogP) is -1.61. The molecule has 0 aromatic heterocycles. The molecule has 0 spiro atoms. The van der Waals surface area contributed by atoms with E-state index in [0.717, 1.165) is 0 Å². The van der Waals surface area contributed by atoms with Crippen LogP contribution in [-0.4, -0.2) is 77.6 Å². The van der Waals surface area contributed by atoms with E-state index in [1.807, 2.05) is 0 Å². The van der Waals surface area contributed by atoms with Crippen molar-refractivity contribution in [2.75, 3.05) is 19.8 Å². The Bertz CT molecular complexity index is 208. The van der Waals surface area contributed by atoms with Crippen LogP contribution in [0.1, 0.15) is 12.8 Å². The van der Waals surface area contributed by atoms with Crippen molar-refractivity contribution in [1.29, 1.82) is 0 Å². The molecule has 7 heteroatoms. The third-order valence-corrected chi connectivity index (χ3v) is 1.36. The molecule has 1 radical (unpaired) electrons. The first-order chi connectivity index (χ1) is 7.10. The van der Waals surface area contributed by atoms with Crippen molar-refractivity contribution in [2.24, 2.45) is 0 Å². The minimum absolute atomic E-state index is 0. The zero-order valence-electron chi connectivity index (χ0n) is 8.35. The van der Waals surface area contributed by atoms with Crippen LogP contribution in [0.5, 0.6) is 0 Å². The second-order valence-electron chi connectivity index (χ2n) is 2.74. The molecule has 0 aromatic rings. The van der Waals surface area contributed by atoms with Crippen molar-refractivity contribution in [1.82, 2.24) is 0 Å². The summed E-state index contributed by atoms with van der Waals surface area (Å²) in [6.45, 7) is 2.69. The van der Waals surface area contributed by atoms with Crippen molar-refractivity contribution in [2.45, 2.75) is 18.9 Å². The molecule has 1 atom stereocenters. The molecule has 0 saturated carbocycles. The summed E-state index contributed by atoms with van der Waals surface area (Å²) in [6.07, 6.45) is -1.01. The normalized spacial score (nSPS) is 11.2. The minimum atomic E-state index is -0.799. The number of aliphatic hydroxyl groups is 2. The number of esters is 2. The molecule has 0 aliphatic rings. The summed E-state index contributed by atoms with van der Waals surface area (Å²) < 4.78 is 9.29.